The van der Waals surface area contributed by atoms with Crippen molar-refractivity contribution in [3.8, 4) is 0 Å². The smallest absolute Gasteiger partial charge is 0.447 e. The highest BCUT2D eigenvalue weighted by molar-refractivity contribution is 6.47. The van der Waals surface area contributed by atoms with Crippen LogP contribution in [-0.2, 0) is 25.2 Å². The van der Waals surface area contributed by atoms with Crippen molar-refractivity contribution in [2.45, 2.75) is 103 Å². The molecule has 2 saturated heterocycles. The van der Waals surface area contributed by atoms with E-state index in [0.29, 0.717) is 18.3 Å². The van der Waals surface area contributed by atoms with Gasteiger partial charge in [-0.05, 0) is 69.8 Å². The Morgan fingerprint density at radius 2 is 1.90 bits per heavy atom. The maximum atomic E-state index is 14.2. The minimum atomic E-state index is -1.19. The van der Waals surface area contributed by atoms with Crippen LogP contribution in [0, 0.1) is 17.3 Å². The summed E-state index contributed by atoms with van der Waals surface area (Å²) in [6.07, 6.45) is 0.208. The van der Waals surface area contributed by atoms with Crippen molar-refractivity contribution in [2.75, 3.05) is 13.2 Å². The van der Waals surface area contributed by atoms with E-state index in [0.717, 1.165) is 18.4 Å². The fourth-order valence-corrected chi connectivity index (χ4v) is 7.08. The van der Waals surface area contributed by atoms with E-state index in [9.17, 15) is 14.0 Å². The first-order chi connectivity index (χ1) is 18.3. The Labute approximate surface area is 231 Å². The molecule has 39 heavy (non-hydrogen) atoms. The molecule has 1 aromatic carbocycles. The van der Waals surface area contributed by atoms with Crippen LogP contribution >= 0.6 is 0 Å². The van der Waals surface area contributed by atoms with Crippen LogP contribution < -0.4 is 5.32 Å². The van der Waals surface area contributed by atoms with E-state index in [1.54, 1.807) is 20.8 Å². The van der Waals surface area contributed by atoms with E-state index in [1.165, 1.54) is 4.90 Å². The molecule has 1 unspecified atom stereocenters. The number of benzene rings is 1. The molecule has 0 aromatic heterocycles. The first kappa shape index (κ1) is 28.2. The first-order valence-electron chi connectivity index (χ1n) is 14.2. The quantitative estimate of drug-likeness (QED) is 0.511. The zero-order chi connectivity index (χ0) is 28.2. The van der Waals surface area contributed by atoms with E-state index in [-0.39, 0.29) is 31.1 Å². The molecule has 1 aromatic rings. The summed E-state index contributed by atoms with van der Waals surface area (Å²) >= 11 is 0. The number of hydrogen-bond donors (Lipinski definition) is 1. The number of hydrogen-bond acceptors (Lipinski definition) is 6. The van der Waals surface area contributed by atoms with Crippen molar-refractivity contribution in [3.05, 3.63) is 35.9 Å². The number of alkyl carbamates (subject to hydrolysis) is 1. The van der Waals surface area contributed by atoms with Crippen molar-refractivity contribution in [3.63, 3.8) is 0 Å². The number of nitrogens with one attached hydrogen (secondary N) is 1. The van der Waals surface area contributed by atoms with Gasteiger partial charge in [0.05, 0.1) is 30.2 Å². The van der Waals surface area contributed by atoms with Gasteiger partial charge in [-0.1, -0.05) is 44.2 Å². The summed E-state index contributed by atoms with van der Waals surface area (Å²) in [6.45, 7) is 11.8. The minimum absolute atomic E-state index is 0.0160. The van der Waals surface area contributed by atoms with Gasteiger partial charge in [0.25, 0.3) is 0 Å². The lowest BCUT2D eigenvalue weighted by Crippen LogP contribution is -2.65. The van der Waals surface area contributed by atoms with Crippen LogP contribution in [-0.4, -0.2) is 72.8 Å². The average molecular weight is 544 g/mol. The summed E-state index contributed by atoms with van der Waals surface area (Å²) < 4.78 is 38.3. The Morgan fingerprint density at radius 3 is 2.56 bits per heavy atom. The van der Waals surface area contributed by atoms with Gasteiger partial charge < -0.3 is 24.1 Å². The third-order valence-corrected chi connectivity index (χ3v) is 9.30. The maximum absolute atomic E-state index is 14.2. The summed E-state index contributed by atoms with van der Waals surface area (Å²) in [5.74, 6) is 0.534. The number of alkyl halides is 1. The first-order valence-corrected chi connectivity index (χ1v) is 14.2. The molecule has 5 aliphatic rings. The minimum Gasteiger partial charge on any atom is -0.447 e. The molecule has 2 bridgehead atoms. The van der Waals surface area contributed by atoms with Crippen LogP contribution in [0.2, 0.25) is 0 Å². The summed E-state index contributed by atoms with van der Waals surface area (Å²) in [6, 6.07) is 9.27. The van der Waals surface area contributed by atoms with Crippen molar-refractivity contribution in [1.82, 2.24) is 10.2 Å². The van der Waals surface area contributed by atoms with Crippen molar-refractivity contribution >= 4 is 19.3 Å². The lowest BCUT2D eigenvalue weighted by Gasteiger charge is -2.64. The molecular weight excluding hydrogens is 502 g/mol. The highest BCUT2D eigenvalue weighted by Gasteiger charge is 2.68. The van der Waals surface area contributed by atoms with E-state index >= 15 is 0 Å². The summed E-state index contributed by atoms with van der Waals surface area (Å²) in [5.41, 5.74) is 0.133. The van der Waals surface area contributed by atoms with Crippen LogP contribution in [0.25, 0.3) is 0 Å². The third kappa shape index (κ3) is 5.64. The summed E-state index contributed by atoms with van der Waals surface area (Å²) in [4.78, 5) is 26.9. The Hall–Kier alpha value is -2.33. The van der Waals surface area contributed by atoms with Gasteiger partial charge in [0, 0.05) is 6.42 Å². The van der Waals surface area contributed by atoms with Crippen LogP contribution in [0.4, 0.5) is 14.0 Å². The average Bonchev–Trinajstić information content (AvgIpc) is 3.41. The number of halogens is 1. The Kier molecular flexibility index (Phi) is 7.42. The SMILES string of the molecule is CC(C)(C)OC(=O)N1C[C@H](F)C[C@@H]1COC(=O)NC(Cc1ccccc1)B1O[C@@H]2C[C@@H]3C[C@@H](C3(C)C)[C@]2(C)O1. The highest BCUT2D eigenvalue weighted by atomic mass is 19.1. The zero-order valence-corrected chi connectivity index (χ0v) is 23.9. The third-order valence-electron chi connectivity index (χ3n) is 9.30. The lowest BCUT2D eigenvalue weighted by molar-refractivity contribution is -0.199. The summed E-state index contributed by atoms with van der Waals surface area (Å²) in [5, 5.41) is 2.96. The van der Waals surface area contributed by atoms with Gasteiger partial charge in [-0.2, -0.15) is 0 Å². The second kappa shape index (κ2) is 10.3. The fourth-order valence-electron chi connectivity index (χ4n) is 7.08. The number of amides is 2. The number of ether oxygens (including phenoxy) is 2. The van der Waals surface area contributed by atoms with Crippen LogP contribution in [0.5, 0.6) is 0 Å². The molecule has 3 aliphatic carbocycles. The van der Waals surface area contributed by atoms with Crippen molar-refractivity contribution < 1.29 is 32.8 Å². The standard InChI is InChI=1S/C29H42BFN2O6/c1-27(2,3)37-26(35)33-16-20(31)15-21(33)17-36-25(34)32-24(12-18-10-8-7-9-11-18)30-38-23-14-19-13-22(28(19,4)5)29(23,6)39-30/h7-11,19-24H,12-17H2,1-6H3,(H,32,34)/t19-,20+,21+,22-,23+,24?,29-/m0/s1. The second-order valence-corrected chi connectivity index (χ2v) is 13.5. The topological polar surface area (TPSA) is 86.3 Å². The predicted octanol–water partition coefficient (Wildman–Crippen LogP) is 4.94. The molecule has 10 heteroatoms. The number of rotatable bonds is 6. The fraction of sp³-hybridized carbons (Fsp3) is 0.724. The van der Waals surface area contributed by atoms with E-state index < -0.39 is 48.7 Å². The lowest BCUT2D eigenvalue weighted by atomic mass is 9.43. The Morgan fingerprint density at radius 1 is 1.18 bits per heavy atom. The molecule has 2 amide bonds. The molecule has 8 nitrogen and oxygen atoms in total. The number of nitrogens with zero attached hydrogens (tertiary/aromatic N) is 1. The molecule has 2 heterocycles. The Balaban J connectivity index is 1.24. The molecule has 5 fully saturated rings. The number of carbonyl (C=O) groups excluding carboxylic acids is 2. The molecule has 0 spiro atoms. The number of carbonyl (C=O) groups is 2. The monoisotopic (exact) mass is 544 g/mol. The van der Waals surface area contributed by atoms with Crippen molar-refractivity contribution in [2.24, 2.45) is 17.3 Å². The van der Waals surface area contributed by atoms with Gasteiger partial charge in [0.1, 0.15) is 18.4 Å². The molecule has 3 saturated carbocycles. The van der Waals surface area contributed by atoms with Crippen LogP contribution in [0.3, 0.4) is 0 Å². The largest absolute Gasteiger partial charge is 0.482 e. The molecule has 214 valence electrons. The molecular formula is C29H42BFN2O6. The van der Waals surface area contributed by atoms with E-state index in [2.05, 4.69) is 26.1 Å². The molecule has 1 N–H and O–H groups in total. The zero-order valence-electron chi connectivity index (χ0n) is 23.9. The van der Waals surface area contributed by atoms with Gasteiger partial charge in [0.15, 0.2) is 0 Å². The highest BCUT2D eigenvalue weighted by Crippen LogP contribution is 2.65. The molecule has 2 aliphatic heterocycles. The van der Waals surface area contributed by atoms with E-state index in [4.69, 9.17) is 18.8 Å². The van der Waals surface area contributed by atoms with Gasteiger partial charge in [-0.15, -0.1) is 0 Å². The van der Waals surface area contributed by atoms with Crippen molar-refractivity contribution in [1.29, 1.82) is 0 Å². The predicted molar refractivity (Wildman–Crippen MR) is 145 cm³/mol. The van der Waals surface area contributed by atoms with E-state index in [1.807, 2.05) is 30.3 Å². The Bertz CT molecular complexity index is 1070. The van der Waals surface area contributed by atoms with Gasteiger partial charge in [-0.25, -0.2) is 14.0 Å². The molecule has 7 atom stereocenters. The summed E-state index contributed by atoms with van der Waals surface area (Å²) in [7, 11) is -0.622. The van der Waals surface area contributed by atoms with Gasteiger partial charge in [0.2, 0.25) is 0 Å². The van der Waals surface area contributed by atoms with Gasteiger partial charge >= 0.3 is 19.3 Å². The van der Waals surface area contributed by atoms with Crippen LogP contribution in [0.15, 0.2) is 30.3 Å². The molecule has 6 rings (SSSR count). The normalized spacial score (nSPS) is 33.7. The van der Waals surface area contributed by atoms with Gasteiger partial charge in [-0.3, -0.25) is 4.90 Å². The second-order valence-electron chi connectivity index (χ2n) is 13.5. The molecule has 0 radical (unpaired) electrons. The number of likely N-dealkylation sites (tertiary alicyclic amines) is 1. The maximum Gasteiger partial charge on any atom is 0.482 e. The van der Waals surface area contributed by atoms with Crippen LogP contribution in [0.1, 0.15) is 66.4 Å².